The van der Waals surface area contributed by atoms with Crippen LogP contribution in [0.4, 0.5) is 4.39 Å². The van der Waals surface area contributed by atoms with Crippen LogP contribution in [0.5, 0.6) is 0 Å². The lowest BCUT2D eigenvalue weighted by Gasteiger charge is -2.37. The van der Waals surface area contributed by atoms with Crippen molar-refractivity contribution in [3.8, 4) is 0 Å². The number of nitrogens with zero attached hydrogens (tertiary/aromatic N) is 1. The molecular formula is C13H20FN3S. The number of hydrazine groups is 1. The molecule has 0 aromatic heterocycles. The van der Waals surface area contributed by atoms with Crippen molar-refractivity contribution in [3.05, 3.63) is 35.6 Å². The van der Waals surface area contributed by atoms with Gasteiger partial charge in [0.2, 0.25) is 0 Å². The topological polar surface area (TPSA) is 41.3 Å². The zero-order chi connectivity index (χ0) is 13.0. The van der Waals surface area contributed by atoms with Crippen LogP contribution in [0.1, 0.15) is 5.56 Å². The van der Waals surface area contributed by atoms with Crippen molar-refractivity contribution in [1.29, 1.82) is 0 Å². The summed E-state index contributed by atoms with van der Waals surface area (Å²) in [7, 11) is 2.11. The Balaban J connectivity index is 2.07. The normalized spacial score (nSPS) is 22.9. The molecule has 1 aliphatic heterocycles. The molecule has 0 saturated carbocycles. The van der Waals surface area contributed by atoms with Gasteiger partial charge in [-0.25, -0.2) is 4.39 Å². The Morgan fingerprint density at radius 1 is 1.56 bits per heavy atom. The molecule has 1 aliphatic rings. The maximum Gasteiger partial charge on any atom is 0.126 e. The van der Waals surface area contributed by atoms with Gasteiger partial charge in [-0.2, -0.15) is 11.8 Å². The molecule has 2 atom stereocenters. The number of thioether (sulfide) groups is 1. The van der Waals surface area contributed by atoms with Crippen LogP contribution >= 0.6 is 11.8 Å². The first-order valence-electron chi connectivity index (χ1n) is 6.20. The molecule has 3 nitrogen and oxygen atoms in total. The van der Waals surface area contributed by atoms with Gasteiger partial charge in [0.05, 0.1) is 0 Å². The van der Waals surface area contributed by atoms with Crippen molar-refractivity contribution >= 4 is 11.8 Å². The van der Waals surface area contributed by atoms with Crippen LogP contribution in [0.15, 0.2) is 24.3 Å². The van der Waals surface area contributed by atoms with Gasteiger partial charge >= 0.3 is 0 Å². The number of nitrogens with one attached hydrogen (secondary N) is 1. The number of hydrogen-bond acceptors (Lipinski definition) is 4. The van der Waals surface area contributed by atoms with Gasteiger partial charge in [0, 0.05) is 30.1 Å². The highest BCUT2D eigenvalue weighted by Gasteiger charge is 2.27. The molecule has 100 valence electrons. The Bertz CT molecular complexity index is 388. The molecule has 1 fully saturated rings. The van der Waals surface area contributed by atoms with Gasteiger partial charge in [-0.15, -0.1) is 0 Å². The number of nitrogens with two attached hydrogens (primary N) is 1. The van der Waals surface area contributed by atoms with Gasteiger partial charge in [0.15, 0.2) is 0 Å². The molecule has 18 heavy (non-hydrogen) atoms. The minimum atomic E-state index is -0.149. The van der Waals surface area contributed by atoms with E-state index >= 15 is 0 Å². The van der Waals surface area contributed by atoms with Gasteiger partial charge in [0.25, 0.3) is 0 Å². The first kappa shape index (κ1) is 13.8. The molecule has 0 radical (unpaired) electrons. The van der Waals surface area contributed by atoms with Crippen LogP contribution in [0, 0.1) is 5.82 Å². The number of halogens is 1. The number of benzene rings is 1. The molecule has 1 aromatic carbocycles. The van der Waals surface area contributed by atoms with E-state index in [1.54, 1.807) is 6.07 Å². The third-order valence-corrected chi connectivity index (χ3v) is 4.57. The first-order chi connectivity index (χ1) is 8.72. The average Bonchev–Trinajstić information content (AvgIpc) is 2.39. The minimum Gasteiger partial charge on any atom is -0.300 e. The van der Waals surface area contributed by atoms with Crippen LogP contribution in [-0.2, 0) is 6.42 Å². The number of hydrogen-bond donors (Lipinski definition) is 2. The van der Waals surface area contributed by atoms with Crippen molar-refractivity contribution in [1.82, 2.24) is 10.3 Å². The Morgan fingerprint density at radius 2 is 2.33 bits per heavy atom. The molecule has 0 bridgehead atoms. The van der Waals surface area contributed by atoms with E-state index < -0.39 is 0 Å². The summed E-state index contributed by atoms with van der Waals surface area (Å²) >= 11 is 1.93. The standard InChI is InChI=1S/C13H20FN3S/c1-17-6-7-18-9-13(17)12(16-15)8-10-4-2-3-5-11(10)14/h2-5,12-13,16H,6-9,15H2,1H3. The summed E-state index contributed by atoms with van der Waals surface area (Å²) in [4.78, 5) is 2.31. The Labute approximate surface area is 112 Å². The molecule has 2 unspecified atom stereocenters. The Hall–Kier alpha value is -0.620. The van der Waals surface area contributed by atoms with Crippen LogP contribution < -0.4 is 11.3 Å². The molecule has 1 saturated heterocycles. The monoisotopic (exact) mass is 269 g/mol. The van der Waals surface area contributed by atoms with E-state index in [0.717, 1.165) is 23.6 Å². The molecule has 0 spiro atoms. The van der Waals surface area contributed by atoms with E-state index in [4.69, 9.17) is 5.84 Å². The lowest BCUT2D eigenvalue weighted by molar-refractivity contribution is 0.213. The van der Waals surface area contributed by atoms with E-state index in [1.165, 1.54) is 6.07 Å². The van der Waals surface area contributed by atoms with Gasteiger partial charge in [-0.05, 0) is 25.1 Å². The van der Waals surface area contributed by atoms with E-state index in [0.29, 0.717) is 12.5 Å². The number of rotatable bonds is 4. The molecule has 1 aromatic rings. The molecule has 0 aliphatic carbocycles. The fourth-order valence-electron chi connectivity index (χ4n) is 2.34. The summed E-state index contributed by atoms with van der Waals surface area (Å²) in [6.07, 6.45) is 0.624. The summed E-state index contributed by atoms with van der Waals surface area (Å²) in [5, 5.41) is 0. The van der Waals surface area contributed by atoms with Crippen LogP contribution in [0.3, 0.4) is 0 Å². The summed E-state index contributed by atoms with van der Waals surface area (Å²) in [5.74, 6) is 7.70. The zero-order valence-electron chi connectivity index (χ0n) is 10.6. The molecule has 3 N–H and O–H groups in total. The summed E-state index contributed by atoms with van der Waals surface area (Å²) in [6, 6.07) is 7.35. The Kier molecular flexibility index (Phi) is 5.00. The Morgan fingerprint density at radius 3 is 3.00 bits per heavy atom. The van der Waals surface area contributed by atoms with E-state index in [1.807, 2.05) is 23.9 Å². The SMILES string of the molecule is CN1CCSCC1C(Cc1ccccc1F)NN. The van der Waals surface area contributed by atoms with Crippen LogP contribution in [-0.4, -0.2) is 42.1 Å². The summed E-state index contributed by atoms with van der Waals surface area (Å²) in [6.45, 7) is 1.06. The van der Waals surface area contributed by atoms with Crippen LogP contribution in [0.2, 0.25) is 0 Å². The second kappa shape index (κ2) is 6.52. The maximum atomic E-state index is 13.7. The first-order valence-corrected chi connectivity index (χ1v) is 7.35. The van der Waals surface area contributed by atoms with E-state index in [9.17, 15) is 4.39 Å². The van der Waals surface area contributed by atoms with Crippen molar-refractivity contribution in [2.24, 2.45) is 5.84 Å². The highest BCUT2D eigenvalue weighted by molar-refractivity contribution is 7.99. The van der Waals surface area contributed by atoms with Crippen molar-refractivity contribution < 1.29 is 4.39 Å². The average molecular weight is 269 g/mol. The molecule has 5 heteroatoms. The smallest absolute Gasteiger partial charge is 0.126 e. The fourth-order valence-corrected chi connectivity index (χ4v) is 3.65. The third kappa shape index (κ3) is 3.23. The fraction of sp³-hybridized carbons (Fsp3) is 0.538. The largest absolute Gasteiger partial charge is 0.300 e. The van der Waals surface area contributed by atoms with E-state index in [-0.39, 0.29) is 11.9 Å². The maximum absolute atomic E-state index is 13.7. The second-order valence-electron chi connectivity index (χ2n) is 4.69. The highest BCUT2D eigenvalue weighted by atomic mass is 32.2. The van der Waals surface area contributed by atoms with Gasteiger partial charge in [-0.3, -0.25) is 11.3 Å². The summed E-state index contributed by atoms with van der Waals surface area (Å²) in [5.41, 5.74) is 3.58. The van der Waals surface area contributed by atoms with Gasteiger partial charge in [-0.1, -0.05) is 18.2 Å². The highest BCUT2D eigenvalue weighted by Crippen LogP contribution is 2.20. The minimum absolute atomic E-state index is 0.0831. The molecule has 2 rings (SSSR count). The third-order valence-electron chi connectivity index (χ3n) is 3.52. The van der Waals surface area contributed by atoms with Crippen molar-refractivity contribution in [2.75, 3.05) is 25.1 Å². The lowest BCUT2D eigenvalue weighted by Crippen LogP contribution is -2.55. The van der Waals surface area contributed by atoms with Gasteiger partial charge < -0.3 is 4.90 Å². The predicted octanol–water partition coefficient (Wildman–Crippen LogP) is 1.25. The second-order valence-corrected chi connectivity index (χ2v) is 5.84. The molecular weight excluding hydrogens is 249 g/mol. The van der Waals surface area contributed by atoms with Crippen molar-refractivity contribution in [2.45, 2.75) is 18.5 Å². The van der Waals surface area contributed by atoms with Crippen molar-refractivity contribution in [3.63, 3.8) is 0 Å². The van der Waals surface area contributed by atoms with E-state index in [2.05, 4.69) is 17.4 Å². The molecule has 1 heterocycles. The molecule has 0 amide bonds. The van der Waals surface area contributed by atoms with Gasteiger partial charge in [0.1, 0.15) is 5.82 Å². The quantitative estimate of drug-likeness (QED) is 0.637. The lowest BCUT2D eigenvalue weighted by atomic mass is 9.99. The zero-order valence-corrected chi connectivity index (χ0v) is 11.4. The van der Waals surface area contributed by atoms with Crippen LogP contribution in [0.25, 0.3) is 0 Å². The summed E-state index contributed by atoms with van der Waals surface area (Å²) < 4.78 is 13.7. The predicted molar refractivity (Wildman–Crippen MR) is 75.0 cm³/mol. The number of likely N-dealkylation sites (N-methyl/N-ethyl adjacent to an activating group) is 1.